The third-order valence-corrected chi connectivity index (χ3v) is 2.60. The molecule has 0 saturated carbocycles. The van der Waals surface area contributed by atoms with Gasteiger partial charge in [0.25, 0.3) is 0 Å². The minimum absolute atomic E-state index is 0.414. The van der Waals surface area contributed by atoms with Crippen LogP contribution in [-0.2, 0) is 11.1 Å². The summed E-state index contributed by atoms with van der Waals surface area (Å²) in [4.78, 5) is 3.45. The van der Waals surface area contributed by atoms with Gasteiger partial charge in [0.1, 0.15) is 0 Å². The minimum atomic E-state index is -1.91. The Kier molecular flexibility index (Phi) is 2.47. The fourth-order valence-corrected chi connectivity index (χ4v) is 1.70. The van der Waals surface area contributed by atoms with Crippen LogP contribution in [0.25, 0.3) is 11.3 Å². The molecule has 0 radical (unpaired) electrons. The Morgan fingerprint density at radius 3 is 2.71 bits per heavy atom. The molecule has 0 bridgehead atoms. The van der Waals surface area contributed by atoms with Crippen molar-refractivity contribution in [2.75, 3.05) is 0 Å². The summed E-state index contributed by atoms with van der Waals surface area (Å²) in [6, 6.07) is 10.8. The molecule has 0 aliphatic heterocycles. The van der Waals surface area contributed by atoms with Gasteiger partial charge in [-0.25, -0.2) is 4.21 Å². The summed E-state index contributed by atoms with van der Waals surface area (Å²) >= 11 is -1.91. The molecular weight excluding hydrogens is 198 g/mol. The van der Waals surface area contributed by atoms with Crippen LogP contribution in [0, 0.1) is 0 Å². The number of hydrogen-bond donors (Lipinski definition) is 2. The Morgan fingerprint density at radius 1 is 1.21 bits per heavy atom. The molecule has 3 nitrogen and oxygen atoms in total. The Bertz CT molecular complexity index is 451. The number of nitrogens with one attached hydrogen (secondary N) is 1. The van der Waals surface area contributed by atoms with Crippen molar-refractivity contribution in [3.05, 3.63) is 42.6 Å². The zero-order valence-electron chi connectivity index (χ0n) is 7.31. The van der Waals surface area contributed by atoms with Crippen LogP contribution in [0.4, 0.5) is 0 Å². The van der Waals surface area contributed by atoms with Crippen LogP contribution >= 0.6 is 0 Å². The summed E-state index contributed by atoms with van der Waals surface area (Å²) in [5, 5.41) is 0. The number of hydrogen-bond acceptors (Lipinski definition) is 1. The second-order valence-electron chi connectivity index (χ2n) is 2.86. The van der Waals surface area contributed by atoms with Gasteiger partial charge < -0.3 is 9.54 Å². The highest BCUT2D eigenvalue weighted by atomic mass is 32.2. The van der Waals surface area contributed by atoms with Gasteiger partial charge in [-0.15, -0.1) is 0 Å². The summed E-state index contributed by atoms with van der Waals surface area (Å²) in [5.74, 6) is 0. The summed E-state index contributed by atoms with van der Waals surface area (Å²) in [6.45, 7) is 0. The van der Waals surface area contributed by atoms with Crippen LogP contribution in [-0.4, -0.2) is 13.7 Å². The van der Waals surface area contributed by atoms with E-state index in [1.807, 2.05) is 24.4 Å². The number of H-pyrrole nitrogens is 1. The first kappa shape index (κ1) is 9.18. The van der Waals surface area contributed by atoms with Crippen LogP contribution in [0.1, 0.15) is 0 Å². The van der Waals surface area contributed by atoms with Crippen LogP contribution < -0.4 is 0 Å². The van der Waals surface area contributed by atoms with Gasteiger partial charge in [-0.3, -0.25) is 0 Å². The average molecular weight is 207 g/mol. The fourth-order valence-electron chi connectivity index (χ4n) is 1.28. The third-order valence-electron chi connectivity index (χ3n) is 1.94. The van der Waals surface area contributed by atoms with Gasteiger partial charge in [0.05, 0.1) is 4.90 Å². The van der Waals surface area contributed by atoms with E-state index >= 15 is 0 Å². The van der Waals surface area contributed by atoms with Gasteiger partial charge in [0.2, 0.25) is 0 Å². The van der Waals surface area contributed by atoms with E-state index in [4.69, 9.17) is 4.55 Å². The summed E-state index contributed by atoms with van der Waals surface area (Å²) < 4.78 is 19.7. The highest BCUT2D eigenvalue weighted by Gasteiger charge is 2.02. The molecule has 0 aliphatic rings. The molecule has 2 rings (SSSR count). The summed E-state index contributed by atoms with van der Waals surface area (Å²) in [7, 11) is 0. The number of benzene rings is 1. The molecule has 0 saturated heterocycles. The third kappa shape index (κ3) is 1.76. The summed E-state index contributed by atoms with van der Waals surface area (Å²) in [6.07, 6.45) is 1.82. The van der Waals surface area contributed by atoms with E-state index in [-0.39, 0.29) is 0 Å². The molecule has 1 aromatic heterocycles. The molecule has 0 aliphatic carbocycles. The largest absolute Gasteiger partial charge is 0.361 e. The van der Waals surface area contributed by atoms with Crippen LogP contribution in [0.15, 0.2) is 47.5 Å². The van der Waals surface area contributed by atoms with Crippen molar-refractivity contribution in [2.45, 2.75) is 4.90 Å². The maximum atomic E-state index is 10.8. The lowest BCUT2D eigenvalue weighted by molar-refractivity contribution is 0.564. The molecule has 2 N–H and O–H groups in total. The number of aromatic amines is 1. The zero-order chi connectivity index (χ0) is 9.97. The van der Waals surface area contributed by atoms with Gasteiger partial charge in [-0.2, -0.15) is 0 Å². The highest BCUT2D eigenvalue weighted by Crippen LogP contribution is 2.19. The van der Waals surface area contributed by atoms with Gasteiger partial charge in [0.15, 0.2) is 11.1 Å². The maximum Gasteiger partial charge on any atom is 0.186 e. The lowest BCUT2D eigenvalue weighted by atomic mass is 10.2. The van der Waals surface area contributed by atoms with E-state index in [1.54, 1.807) is 18.2 Å². The topological polar surface area (TPSA) is 53.1 Å². The van der Waals surface area contributed by atoms with Crippen molar-refractivity contribution in [2.24, 2.45) is 0 Å². The van der Waals surface area contributed by atoms with Crippen LogP contribution in [0.2, 0.25) is 0 Å². The Morgan fingerprint density at radius 2 is 2.07 bits per heavy atom. The molecule has 72 valence electrons. The predicted molar refractivity (Wildman–Crippen MR) is 55.3 cm³/mol. The first-order valence-corrected chi connectivity index (χ1v) is 5.23. The second kappa shape index (κ2) is 3.77. The highest BCUT2D eigenvalue weighted by molar-refractivity contribution is 7.79. The first-order valence-electron chi connectivity index (χ1n) is 4.12. The first-order chi connectivity index (χ1) is 6.77. The molecule has 2 aromatic rings. The predicted octanol–water partition coefficient (Wildman–Crippen LogP) is 2.26. The van der Waals surface area contributed by atoms with E-state index in [2.05, 4.69) is 4.98 Å². The van der Waals surface area contributed by atoms with Crippen LogP contribution in [0.3, 0.4) is 0 Å². The standard InChI is InChI=1S/C10H9NO2S/c12-14(13)9-4-1-3-8(7-9)10-5-2-6-11-10/h1-7,11H,(H,12,13). The monoisotopic (exact) mass is 207 g/mol. The quantitative estimate of drug-likeness (QED) is 0.742. The van der Waals surface area contributed by atoms with E-state index in [1.165, 1.54) is 0 Å². The average Bonchev–Trinajstić information content (AvgIpc) is 2.71. The van der Waals surface area contributed by atoms with E-state index < -0.39 is 11.1 Å². The van der Waals surface area contributed by atoms with Crippen molar-refractivity contribution in [1.29, 1.82) is 0 Å². The molecule has 1 aromatic carbocycles. The van der Waals surface area contributed by atoms with E-state index in [0.717, 1.165) is 11.3 Å². The molecule has 0 spiro atoms. The smallest absolute Gasteiger partial charge is 0.186 e. The van der Waals surface area contributed by atoms with Crippen molar-refractivity contribution in [3.8, 4) is 11.3 Å². The minimum Gasteiger partial charge on any atom is -0.361 e. The molecule has 1 atom stereocenters. The molecular formula is C10H9NO2S. The summed E-state index contributed by atoms with van der Waals surface area (Å²) in [5.41, 5.74) is 1.85. The second-order valence-corrected chi connectivity index (χ2v) is 3.83. The van der Waals surface area contributed by atoms with E-state index in [0.29, 0.717) is 4.90 Å². The van der Waals surface area contributed by atoms with Crippen molar-refractivity contribution in [1.82, 2.24) is 4.98 Å². The molecule has 1 heterocycles. The van der Waals surface area contributed by atoms with Crippen molar-refractivity contribution < 1.29 is 8.76 Å². The molecule has 4 heteroatoms. The van der Waals surface area contributed by atoms with Gasteiger partial charge >= 0.3 is 0 Å². The lowest BCUT2D eigenvalue weighted by Crippen LogP contribution is -1.88. The van der Waals surface area contributed by atoms with Crippen LogP contribution in [0.5, 0.6) is 0 Å². The van der Waals surface area contributed by atoms with Crippen molar-refractivity contribution in [3.63, 3.8) is 0 Å². The molecule has 14 heavy (non-hydrogen) atoms. The normalized spacial score (nSPS) is 12.6. The molecule has 0 amide bonds. The zero-order valence-corrected chi connectivity index (χ0v) is 8.12. The van der Waals surface area contributed by atoms with E-state index in [9.17, 15) is 4.21 Å². The molecule has 0 fully saturated rings. The van der Waals surface area contributed by atoms with Gasteiger partial charge in [-0.1, -0.05) is 12.1 Å². The Labute approximate surface area is 84.1 Å². The Balaban J connectivity index is 2.46. The SMILES string of the molecule is O=S(O)c1cccc(-c2ccc[nH]2)c1. The number of aromatic nitrogens is 1. The van der Waals surface area contributed by atoms with Gasteiger partial charge in [0, 0.05) is 11.9 Å². The lowest BCUT2D eigenvalue weighted by Gasteiger charge is -1.99. The number of rotatable bonds is 2. The molecule has 1 unspecified atom stereocenters. The fraction of sp³-hybridized carbons (Fsp3) is 0. The van der Waals surface area contributed by atoms with Crippen molar-refractivity contribution >= 4 is 11.1 Å². The van der Waals surface area contributed by atoms with Gasteiger partial charge in [-0.05, 0) is 29.8 Å². The maximum absolute atomic E-state index is 10.8. The Hall–Kier alpha value is -1.39.